The smallest absolute Gasteiger partial charge is 0.206 e. The minimum Gasteiger partial charge on any atom is -0.206 e. The molecule has 5 heteroatoms. The van der Waals surface area contributed by atoms with Gasteiger partial charge in [-0.2, -0.15) is 0 Å². The van der Waals surface area contributed by atoms with Gasteiger partial charge < -0.3 is 0 Å². The predicted molar refractivity (Wildman–Crippen MR) is 48.1 cm³/mol. The highest BCUT2D eigenvalue weighted by atomic mass is 79.9. The van der Waals surface area contributed by atoms with Gasteiger partial charge >= 0.3 is 0 Å². The largest absolute Gasteiger partial charge is 0.253 e. The van der Waals surface area contributed by atoms with Gasteiger partial charge in [0, 0.05) is 16.1 Å². The van der Waals surface area contributed by atoms with Crippen LogP contribution in [0.1, 0.15) is 5.56 Å². The molecule has 2 rings (SSSR count). The van der Waals surface area contributed by atoms with Gasteiger partial charge in [0.25, 0.3) is 10.0 Å². The van der Waals surface area contributed by atoms with Crippen molar-refractivity contribution in [2.24, 2.45) is 0 Å². The SMILES string of the molecule is O=S1(=O)c2ccccc2CN1Br. The minimum absolute atomic E-state index is 0.405. The zero-order valence-corrected chi connectivity index (χ0v) is 8.47. The Morgan fingerprint density at radius 3 is 2.67 bits per heavy atom. The Balaban J connectivity index is 2.72. The van der Waals surface area contributed by atoms with Crippen LogP contribution in [0.15, 0.2) is 29.2 Å². The Morgan fingerprint density at radius 2 is 2.00 bits per heavy atom. The lowest BCUT2D eigenvalue weighted by Gasteiger charge is -2.01. The third-order valence-electron chi connectivity index (χ3n) is 1.81. The number of hydrogen-bond acceptors (Lipinski definition) is 2. The fourth-order valence-corrected chi connectivity index (χ4v) is 3.19. The first-order valence-electron chi connectivity index (χ1n) is 3.39. The van der Waals surface area contributed by atoms with Crippen molar-refractivity contribution in [3.05, 3.63) is 29.8 Å². The Bertz CT molecular complexity index is 415. The molecule has 0 aromatic heterocycles. The first kappa shape index (κ1) is 8.22. The van der Waals surface area contributed by atoms with Gasteiger partial charge in [0.2, 0.25) is 0 Å². The summed E-state index contributed by atoms with van der Waals surface area (Å²) in [6.45, 7) is 0.415. The Morgan fingerprint density at radius 1 is 1.33 bits per heavy atom. The highest BCUT2D eigenvalue weighted by molar-refractivity contribution is 9.08. The summed E-state index contributed by atoms with van der Waals surface area (Å²) in [5, 5.41) is 0. The average molecular weight is 248 g/mol. The lowest BCUT2D eigenvalue weighted by Crippen LogP contribution is -2.11. The van der Waals surface area contributed by atoms with E-state index in [1.165, 1.54) is 3.33 Å². The zero-order valence-electron chi connectivity index (χ0n) is 6.07. The highest BCUT2D eigenvalue weighted by Crippen LogP contribution is 2.31. The molecule has 1 aliphatic rings. The van der Waals surface area contributed by atoms with Crippen LogP contribution in [0.4, 0.5) is 0 Å². The molecule has 0 aliphatic carbocycles. The third-order valence-corrected chi connectivity index (χ3v) is 4.81. The number of nitrogens with zero attached hydrogens (tertiary/aromatic N) is 1. The molecule has 3 nitrogen and oxygen atoms in total. The summed E-state index contributed by atoms with van der Waals surface area (Å²) in [6, 6.07) is 6.99. The summed E-state index contributed by atoms with van der Waals surface area (Å²) in [7, 11) is -3.23. The van der Waals surface area contributed by atoms with Crippen molar-refractivity contribution in [3.8, 4) is 0 Å². The van der Waals surface area contributed by atoms with Crippen LogP contribution in [0.2, 0.25) is 0 Å². The molecule has 0 unspecified atom stereocenters. The van der Waals surface area contributed by atoms with Crippen molar-refractivity contribution in [1.82, 2.24) is 3.33 Å². The van der Waals surface area contributed by atoms with Crippen LogP contribution in [0, 0.1) is 0 Å². The molecule has 0 saturated carbocycles. The van der Waals surface area contributed by atoms with Gasteiger partial charge in [-0.05, 0) is 11.6 Å². The summed E-state index contributed by atoms with van der Waals surface area (Å²) >= 11 is 2.99. The fraction of sp³-hybridized carbons (Fsp3) is 0.143. The van der Waals surface area contributed by atoms with Crippen LogP contribution in [0.25, 0.3) is 0 Å². The minimum atomic E-state index is -3.23. The molecule has 0 saturated heterocycles. The van der Waals surface area contributed by atoms with E-state index in [-0.39, 0.29) is 0 Å². The number of fused-ring (bicyclic) bond motifs is 1. The van der Waals surface area contributed by atoms with Crippen molar-refractivity contribution in [1.29, 1.82) is 0 Å². The fourth-order valence-electron chi connectivity index (χ4n) is 1.21. The molecule has 1 aromatic carbocycles. The van der Waals surface area contributed by atoms with Crippen molar-refractivity contribution < 1.29 is 8.42 Å². The van der Waals surface area contributed by atoms with E-state index in [0.717, 1.165) is 5.56 Å². The van der Waals surface area contributed by atoms with Crippen LogP contribution in [0.3, 0.4) is 0 Å². The topological polar surface area (TPSA) is 37.4 Å². The molecular formula is C7H6BrNO2S. The maximum atomic E-state index is 11.5. The third kappa shape index (κ3) is 1.01. The zero-order chi connectivity index (χ0) is 8.77. The van der Waals surface area contributed by atoms with Gasteiger partial charge in [-0.1, -0.05) is 18.2 Å². The second-order valence-electron chi connectivity index (χ2n) is 2.56. The van der Waals surface area contributed by atoms with Gasteiger partial charge in [0.15, 0.2) is 0 Å². The molecule has 1 aliphatic heterocycles. The van der Waals surface area contributed by atoms with E-state index < -0.39 is 10.0 Å². The molecule has 1 aromatic rings. The van der Waals surface area contributed by atoms with E-state index in [0.29, 0.717) is 11.4 Å². The molecule has 0 radical (unpaired) electrons. The summed E-state index contributed by atoms with van der Waals surface area (Å²) in [5.74, 6) is 0. The van der Waals surface area contributed by atoms with Crippen LogP contribution in [0.5, 0.6) is 0 Å². The van der Waals surface area contributed by atoms with Gasteiger partial charge in [0.1, 0.15) is 0 Å². The van der Waals surface area contributed by atoms with Gasteiger partial charge in [-0.3, -0.25) is 0 Å². The predicted octanol–water partition coefficient (Wildman–Crippen LogP) is 1.50. The number of hydrogen-bond donors (Lipinski definition) is 0. The van der Waals surface area contributed by atoms with E-state index in [1.807, 2.05) is 12.1 Å². The molecule has 0 N–H and O–H groups in total. The maximum absolute atomic E-state index is 11.5. The van der Waals surface area contributed by atoms with E-state index >= 15 is 0 Å². The van der Waals surface area contributed by atoms with Gasteiger partial charge in [-0.25, -0.2) is 8.42 Å². The van der Waals surface area contributed by atoms with Crippen LogP contribution in [-0.4, -0.2) is 11.7 Å². The van der Waals surface area contributed by atoms with E-state index in [2.05, 4.69) is 16.1 Å². The van der Waals surface area contributed by atoms with Gasteiger partial charge in [-0.15, -0.1) is 3.33 Å². The number of halogens is 1. The lowest BCUT2D eigenvalue weighted by molar-refractivity contribution is 0.562. The van der Waals surface area contributed by atoms with E-state index in [9.17, 15) is 8.42 Å². The first-order chi connectivity index (χ1) is 5.62. The quantitative estimate of drug-likeness (QED) is 0.652. The van der Waals surface area contributed by atoms with Crippen LogP contribution < -0.4 is 0 Å². The Kier molecular flexibility index (Phi) is 1.75. The van der Waals surface area contributed by atoms with Crippen molar-refractivity contribution in [2.45, 2.75) is 11.4 Å². The van der Waals surface area contributed by atoms with Gasteiger partial charge in [0.05, 0.1) is 11.4 Å². The molecule has 0 amide bonds. The van der Waals surface area contributed by atoms with Crippen LogP contribution in [-0.2, 0) is 16.6 Å². The number of benzene rings is 1. The Labute approximate surface area is 79.4 Å². The highest BCUT2D eigenvalue weighted by Gasteiger charge is 2.32. The monoisotopic (exact) mass is 247 g/mol. The Hall–Kier alpha value is -0.390. The summed E-state index contributed by atoms with van der Waals surface area (Å²) in [4.78, 5) is 0.405. The van der Waals surface area contributed by atoms with E-state index in [1.54, 1.807) is 12.1 Å². The molecule has 12 heavy (non-hydrogen) atoms. The number of rotatable bonds is 0. The molecule has 0 spiro atoms. The normalized spacial score (nSPS) is 20.8. The van der Waals surface area contributed by atoms with Crippen molar-refractivity contribution in [2.75, 3.05) is 0 Å². The molecule has 0 atom stereocenters. The first-order valence-corrected chi connectivity index (χ1v) is 5.54. The molecular weight excluding hydrogens is 242 g/mol. The second-order valence-corrected chi connectivity index (χ2v) is 5.71. The molecule has 64 valence electrons. The average Bonchev–Trinajstić information content (AvgIpc) is 2.25. The van der Waals surface area contributed by atoms with E-state index in [4.69, 9.17) is 0 Å². The molecule has 1 heterocycles. The maximum Gasteiger partial charge on any atom is 0.253 e. The standard InChI is InChI=1S/C7H6BrNO2S/c8-9-5-6-3-1-2-4-7(6)12(9,10)11/h1-4H,5H2. The summed E-state index contributed by atoms with van der Waals surface area (Å²) in [5.41, 5.74) is 0.842. The lowest BCUT2D eigenvalue weighted by atomic mass is 10.2. The summed E-state index contributed by atoms with van der Waals surface area (Å²) < 4.78 is 24.1. The molecule has 0 bridgehead atoms. The van der Waals surface area contributed by atoms with Crippen molar-refractivity contribution >= 4 is 26.2 Å². The van der Waals surface area contributed by atoms with Crippen LogP contribution >= 0.6 is 16.1 Å². The molecule has 0 fully saturated rings. The second kappa shape index (κ2) is 2.55. The summed E-state index contributed by atoms with van der Waals surface area (Å²) in [6.07, 6.45) is 0. The van der Waals surface area contributed by atoms with Crippen molar-refractivity contribution in [3.63, 3.8) is 0 Å². The number of sulfonamides is 1.